The zero-order valence-electron chi connectivity index (χ0n) is 16.4. The zero-order chi connectivity index (χ0) is 17.4. The van der Waals surface area contributed by atoms with Gasteiger partial charge in [-0.3, -0.25) is 0 Å². The average molecular weight is 328 g/mol. The Morgan fingerprint density at radius 3 is 2.08 bits per heavy atom. The van der Waals surface area contributed by atoms with Crippen molar-refractivity contribution in [3.05, 3.63) is 36.0 Å². The van der Waals surface area contributed by atoms with Gasteiger partial charge in [-0.25, -0.2) is 0 Å². The highest BCUT2D eigenvalue weighted by atomic mass is 15.0. The summed E-state index contributed by atoms with van der Waals surface area (Å²) in [5, 5.41) is 1.39. The number of nitrogens with zero attached hydrogens (tertiary/aromatic N) is 1. The molecule has 0 amide bonds. The third kappa shape index (κ3) is 4.65. The van der Waals surface area contributed by atoms with Gasteiger partial charge in [0, 0.05) is 23.7 Å². The zero-order valence-corrected chi connectivity index (χ0v) is 16.4. The molecule has 1 unspecified atom stereocenters. The number of fused-ring (bicyclic) bond motifs is 1. The summed E-state index contributed by atoms with van der Waals surface area (Å²) in [6.07, 6.45) is 13.5. The van der Waals surface area contributed by atoms with Crippen LogP contribution in [0.25, 0.3) is 10.9 Å². The molecule has 0 aliphatic carbocycles. The molecule has 2 rings (SSSR count). The second kappa shape index (κ2) is 9.30. The van der Waals surface area contributed by atoms with Gasteiger partial charge in [0.05, 0.1) is 0 Å². The molecule has 0 saturated heterocycles. The second-order valence-electron chi connectivity index (χ2n) is 7.83. The minimum atomic E-state index is 0.315. The lowest BCUT2D eigenvalue weighted by Crippen LogP contribution is -2.25. The van der Waals surface area contributed by atoms with Crippen LogP contribution in [0.5, 0.6) is 0 Å². The minimum absolute atomic E-state index is 0.315. The van der Waals surface area contributed by atoms with Crippen molar-refractivity contribution < 1.29 is 0 Å². The van der Waals surface area contributed by atoms with E-state index in [2.05, 4.69) is 62.7 Å². The van der Waals surface area contributed by atoms with E-state index in [0.717, 1.165) is 0 Å². The topological polar surface area (TPSA) is 4.93 Å². The molecule has 1 nitrogen and oxygen atoms in total. The van der Waals surface area contributed by atoms with Crippen molar-refractivity contribution in [3.63, 3.8) is 0 Å². The van der Waals surface area contributed by atoms with Crippen LogP contribution in [0.3, 0.4) is 0 Å². The molecule has 0 fully saturated rings. The van der Waals surface area contributed by atoms with Crippen molar-refractivity contribution in [2.45, 2.75) is 90.4 Å². The van der Waals surface area contributed by atoms with E-state index in [9.17, 15) is 0 Å². The van der Waals surface area contributed by atoms with Crippen molar-refractivity contribution in [1.82, 2.24) is 4.57 Å². The van der Waals surface area contributed by atoms with Crippen molar-refractivity contribution in [3.8, 4) is 0 Å². The summed E-state index contributed by atoms with van der Waals surface area (Å²) in [7, 11) is 2.26. The first kappa shape index (κ1) is 19.1. The third-order valence-corrected chi connectivity index (χ3v) is 5.73. The van der Waals surface area contributed by atoms with E-state index in [1.807, 2.05) is 0 Å². The van der Waals surface area contributed by atoms with Crippen molar-refractivity contribution in [2.75, 3.05) is 0 Å². The van der Waals surface area contributed by atoms with Crippen molar-refractivity contribution >= 4 is 10.9 Å². The monoisotopic (exact) mass is 327 g/mol. The first-order valence-corrected chi connectivity index (χ1v) is 10.2. The normalized spacial score (nSPS) is 14.2. The number of unbranched alkanes of at least 4 members (excludes halogenated alkanes) is 6. The van der Waals surface area contributed by atoms with Crippen LogP contribution in [0.1, 0.15) is 90.7 Å². The summed E-state index contributed by atoms with van der Waals surface area (Å²) in [6, 6.07) is 11.3. The highest BCUT2D eigenvalue weighted by Crippen LogP contribution is 2.38. The predicted molar refractivity (Wildman–Crippen MR) is 108 cm³/mol. The highest BCUT2D eigenvalue weighted by Gasteiger charge is 2.29. The molecule has 0 saturated carbocycles. The summed E-state index contributed by atoms with van der Waals surface area (Å²) >= 11 is 0. The molecule has 1 heteroatoms. The van der Waals surface area contributed by atoms with Crippen molar-refractivity contribution in [1.29, 1.82) is 0 Å². The minimum Gasteiger partial charge on any atom is -0.347 e. The van der Waals surface area contributed by atoms with Gasteiger partial charge in [-0.2, -0.15) is 0 Å². The second-order valence-corrected chi connectivity index (χ2v) is 7.83. The van der Waals surface area contributed by atoms with E-state index in [0.29, 0.717) is 5.41 Å². The number of hydrogen-bond donors (Lipinski definition) is 0. The van der Waals surface area contributed by atoms with Crippen LogP contribution in [0, 0.1) is 0 Å². The Labute approximate surface area is 149 Å². The molecule has 1 aromatic heterocycles. The maximum atomic E-state index is 2.51. The van der Waals surface area contributed by atoms with Gasteiger partial charge in [0.15, 0.2) is 0 Å². The largest absolute Gasteiger partial charge is 0.347 e. The first-order valence-electron chi connectivity index (χ1n) is 10.2. The molecule has 24 heavy (non-hydrogen) atoms. The summed E-state index contributed by atoms with van der Waals surface area (Å²) < 4.78 is 2.45. The summed E-state index contributed by atoms with van der Waals surface area (Å²) in [4.78, 5) is 0. The Bertz CT molecular complexity index is 610. The van der Waals surface area contributed by atoms with Crippen LogP contribution in [-0.2, 0) is 12.5 Å². The Balaban J connectivity index is 2.17. The molecule has 1 aromatic carbocycles. The van der Waals surface area contributed by atoms with E-state index in [-0.39, 0.29) is 0 Å². The molecule has 2 aromatic rings. The molecule has 0 N–H and O–H groups in total. The standard InChI is InChI=1S/C23H37N/c1-5-7-9-10-14-18-23(3,17-13-8-6-2)22-19-20-15-11-12-16-21(20)24(22)4/h11-12,15-16,19H,5-10,13-14,17-18H2,1-4H3. The van der Waals surface area contributed by atoms with Gasteiger partial charge in [0.1, 0.15) is 0 Å². The molecule has 0 aliphatic rings. The van der Waals surface area contributed by atoms with Gasteiger partial charge in [-0.05, 0) is 30.4 Å². The highest BCUT2D eigenvalue weighted by molar-refractivity contribution is 5.81. The molecule has 0 bridgehead atoms. The van der Waals surface area contributed by atoms with Crippen LogP contribution >= 0.6 is 0 Å². The van der Waals surface area contributed by atoms with E-state index < -0.39 is 0 Å². The van der Waals surface area contributed by atoms with Crippen LogP contribution < -0.4 is 0 Å². The summed E-state index contributed by atoms with van der Waals surface area (Å²) in [5.41, 5.74) is 3.23. The number of para-hydroxylation sites is 1. The smallest absolute Gasteiger partial charge is 0.0480 e. The fourth-order valence-corrected chi connectivity index (χ4v) is 4.13. The number of aromatic nitrogens is 1. The number of rotatable bonds is 11. The Kier molecular flexibility index (Phi) is 7.40. The van der Waals surface area contributed by atoms with E-state index in [4.69, 9.17) is 0 Å². The Hall–Kier alpha value is -1.24. The SMILES string of the molecule is CCCCCCCC(C)(CCCCC)c1cc2ccccc2n1C. The van der Waals surface area contributed by atoms with Gasteiger partial charge >= 0.3 is 0 Å². The van der Waals surface area contributed by atoms with Gasteiger partial charge < -0.3 is 4.57 Å². The Morgan fingerprint density at radius 1 is 0.833 bits per heavy atom. The fraction of sp³-hybridized carbons (Fsp3) is 0.652. The van der Waals surface area contributed by atoms with Gasteiger partial charge in [0.25, 0.3) is 0 Å². The van der Waals surface area contributed by atoms with Gasteiger partial charge in [-0.15, -0.1) is 0 Å². The van der Waals surface area contributed by atoms with Crippen molar-refractivity contribution in [2.24, 2.45) is 7.05 Å². The van der Waals surface area contributed by atoms with Gasteiger partial charge in [0.2, 0.25) is 0 Å². The summed E-state index contributed by atoms with van der Waals surface area (Å²) in [5.74, 6) is 0. The van der Waals surface area contributed by atoms with E-state index in [1.165, 1.54) is 80.8 Å². The first-order chi connectivity index (χ1) is 11.6. The number of aryl methyl sites for hydroxylation is 1. The molecule has 0 radical (unpaired) electrons. The molecule has 1 heterocycles. The number of benzene rings is 1. The molecule has 0 spiro atoms. The maximum Gasteiger partial charge on any atom is 0.0480 e. The lowest BCUT2D eigenvalue weighted by atomic mass is 9.77. The molecular formula is C23H37N. The Morgan fingerprint density at radius 2 is 1.42 bits per heavy atom. The maximum absolute atomic E-state index is 2.51. The fourth-order valence-electron chi connectivity index (χ4n) is 4.13. The lowest BCUT2D eigenvalue weighted by Gasteiger charge is -2.31. The summed E-state index contributed by atoms with van der Waals surface area (Å²) in [6.45, 7) is 7.11. The van der Waals surface area contributed by atoms with Crippen LogP contribution in [0.15, 0.2) is 30.3 Å². The van der Waals surface area contributed by atoms with Gasteiger partial charge in [-0.1, -0.05) is 90.3 Å². The lowest BCUT2D eigenvalue weighted by molar-refractivity contribution is 0.349. The molecule has 1 atom stereocenters. The van der Waals surface area contributed by atoms with Crippen LogP contribution in [0.4, 0.5) is 0 Å². The molecule has 134 valence electrons. The van der Waals surface area contributed by atoms with Crippen LogP contribution in [0.2, 0.25) is 0 Å². The predicted octanol–water partition coefficient (Wildman–Crippen LogP) is 7.38. The average Bonchev–Trinajstić information content (AvgIpc) is 2.93. The molecular weight excluding hydrogens is 290 g/mol. The van der Waals surface area contributed by atoms with E-state index >= 15 is 0 Å². The third-order valence-electron chi connectivity index (χ3n) is 5.73. The number of hydrogen-bond acceptors (Lipinski definition) is 0. The molecule has 0 aliphatic heterocycles. The quantitative estimate of drug-likeness (QED) is 0.379. The van der Waals surface area contributed by atoms with Crippen LogP contribution in [-0.4, -0.2) is 4.57 Å². The van der Waals surface area contributed by atoms with E-state index in [1.54, 1.807) is 0 Å².